The molecule has 0 spiro atoms. The number of hydrogen-bond acceptors (Lipinski definition) is 2. The summed E-state index contributed by atoms with van der Waals surface area (Å²) in [6, 6.07) is 14.5. The van der Waals surface area contributed by atoms with Crippen molar-refractivity contribution >= 4 is 12.0 Å². The third kappa shape index (κ3) is 2.86. The van der Waals surface area contributed by atoms with E-state index in [0.717, 1.165) is 11.1 Å². The molecule has 2 aromatic carbocycles. The molecule has 0 aliphatic rings. The van der Waals surface area contributed by atoms with Crippen LogP contribution in [-0.2, 0) is 0 Å². The number of carbonyl (C=O) groups excluding carboxylic acids is 1. The lowest BCUT2D eigenvalue weighted by Crippen LogP contribution is -2.08. The van der Waals surface area contributed by atoms with Gasteiger partial charge in [0.15, 0.2) is 0 Å². The molecule has 2 rings (SSSR count). The van der Waals surface area contributed by atoms with Crippen molar-refractivity contribution in [3.63, 3.8) is 0 Å². The van der Waals surface area contributed by atoms with Gasteiger partial charge in [0.25, 0.3) is 0 Å². The fraction of sp³-hybridized carbons (Fsp3) is 0.0625. The van der Waals surface area contributed by atoms with Crippen LogP contribution in [0.1, 0.15) is 21.5 Å². The number of hydrogen-bond donors (Lipinski definition) is 0. The van der Waals surface area contributed by atoms with Gasteiger partial charge in [0, 0.05) is 0 Å². The molecule has 0 aliphatic heterocycles. The van der Waals surface area contributed by atoms with Gasteiger partial charge in [-0.2, -0.15) is 0 Å². The average molecular weight is 238 g/mol. The van der Waals surface area contributed by atoms with E-state index in [0.29, 0.717) is 11.3 Å². The molecule has 0 unspecified atom stereocenters. The molecule has 0 radical (unpaired) electrons. The van der Waals surface area contributed by atoms with Crippen molar-refractivity contribution in [2.24, 2.45) is 0 Å². The minimum absolute atomic E-state index is 0.346. The molecular formula is C16H14O2. The van der Waals surface area contributed by atoms with Crippen molar-refractivity contribution in [1.82, 2.24) is 0 Å². The summed E-state index contributed by atoms with van der Waals surface area (Å²) in [7, 11) is 0. The van der Waals surface area contributed by atoms with Gasteiger partial charge in [0.05, 0.1) is 5.56 Å². The second kappa shape index (κ2) is 5.32. The van der Waals surface area contributed by atoms with Crippen LogP contribution in [0, 0.1) is 6.92 Å². The Morgan fingerprint density at radius 1 is 1.06 bits per heavy atom. The van der Waals surface area contributed by atoms with Crippen LogP contribution >= 0.6 is 0 Å². The lowest BCUT2D eigenvalue weighted by molar-refractivity contribution is 0.0735. The maximum absolute atomic E-state index is 11.8. The molecule has 0 saturated carbocycles. The molecule has 2 nitrogen and oxygen atoms in total. The van der Waals surface area contributed by atoms with Crippen LogP contribution in [0.5, 0.6) is 5.75 Å². The number of benzene rings is 2. The molecule has 0 amide bonds. The Morgan fingerprint density at radius 3 is 2.22 bits per heavy atom. The molecule has 0 bridgehead atoms. The van der Waals surface area contributed by atoms with Gasteiger partial charge in [-0.1, -0.05) is 42.5 Å². The number of rotatable bonds is 3. The van der Waals surface area contributed by atoms with E-state index in [9.17, 15) is 4.79 Å². The Hall–Kier alpha value is -2.35. The smallest absolute Gasteiger partial charge is 0.343 e. The lowest BCUT2D eigenvalue weighted by atomic mass is 10.1. The van der Waals surface area contributed by atoms with Crippen LogP contribution in [0.4, 0.5) is 0 Å². The number of esters is 1. The summed E-state index contributed by atoms with van der Waals surface area (Å²) in [6.07, 6.45) is 1.74. The molecule has 0 aliphatic carbocycles. The van der Waals surface area contributed by atoms with E-state index >= 15 is 0 Å². The standard InChI is InChI=1S/C16H14O2/c1-3-13-6-10-15(11-7-13)18-16(17)14-8-4-12(2)5-9-14/h3-11H,1H2,2H3. The molecule has 0 aromatic heterocycles. The topological polar surface area (TPSA) is 26.3 Å². The van der Waals surface area contributed by atoms with Crippen LogP contribution in [0.15, 0.2) is 55.1 Å². The Morgan fingerprint density at radius 2 is 1.67 bits per heavy atom. The average Bonchev–Trinajstić information content (AvgIpc) is 2.40. The Bertz CT molecular complexity index is 551. The zero-order valence-corrected chi connectivity index (χ0v) is 10.2. The van der Waals surface area contributed by atoms with Gasteiger partial charge in [-0.25, -0.2) is 4.79 Å². The van der Waals surface area contributed by atoms with E-state index in [1.54, 1.807) is 30.3 Å². The molecule has 0 fully saturated rings. The van der Waals surface area contributed by atoms with Gasteiger partial charge in [0.1, 0.15) is 5.75 Å². The van der Waals surface area contributed by atoms with Gasteiger partial charge in [-0.15, -0.1) is 0 Å². The maximum Gasteiger partial charge on any atom is 0.343 e. The summed E-state index contributed by atoms with van der Waals surface area (Å²) in [4.78, 5) is 11.8. The van der Waals surface area contributed by atoms with Crippen molar-refractivity contribution in [2.45, 2.75) is 6.92 Å². The van der Waals surface area contributed by atoms with Crippen LogP contribution in [-0.4, -0.2) is 5.97 Å². The van der Waals surface area contributed by atoms with Crippen LogP contribution < -0.4 is 4.74 Å². The molecule has 0 saturated heterocycles. The Labute approximate surface area is 107 Å². The first-order chi connectivity index (χ1) is 8.69. The molecule has 18 heavy (non-hydrogen) atoms. The van der Waals surface area contributed by atoms with Crippen molar-refractivity contribution in [3.05, 3.63) is 71.8 Å². The molecule has 2 heteroatoms. The normalized spacial score (nSPS) is 9.83. The highest BCUT2D eigenvalue weighted by atomic mass is 16.5. The van der Waals surface area contributed by atoms with Gasteiger partial charge >= 0.3 is 5.97 Å². The SMILES string of the molecule is C=Cc1ccc(OC(=O)c2ccc(C)cc2)cc1. The van der Waals surface area contributed by atoms with E-state index in [2.05, 4.69) is 6.58 Å². The van der Waals surface area contributed by atoms with E-state index in [-0.39, 0.29) is 5.97 Å². The van der Waals surface area contributed by atoms with Gasteiger partial charge < -0.3 is 4.74 Å². The zero-order valence-electron chi connectivity index (χ0n) is 10.2. The predicted octanol–water partition coefficient (Wildman–Crippen LogP) is 3.86. The summed E-state index contributed by atoms with van der Waals surface area (Å²) >= 11 is 0. The van der Waals surface area contributed by atoms with Crippen LogP contribution in [0.2, 0.25) is 0 Å². The van der Waals surface area contributed by atoms with Gasteiger partial charge in [-0.05, 0) is 36.8 Å². The van der Waals surface area contributed by atoms with Crippen molar-refractivity contribution < 1.29 is 9.53 Å². The highest BCUT2D eigenvalue weighted by Crippen LogP contribution is 2.15. The highest BCUT2D eigenvalue weighted by molar-refractivity contribution is 5.91. The van der Waals surface area contributed by atoms with Crippen molar-refractivity contribution in [2.75, 3.05) is 0 Å². The largest absolute Gasteiger partial charge is 0.423 e. The molecule has 2 aromatic rings. The predicted molar refractivity (Wildman–Crippen MR) is 72.7 cm³/mol. The maximum atomic E-state index is 11.8. The van der Waals surface area contributed by atoms with Crippen molar-refractivity contribution in [3.8, 4) is 5.75 Å². The number of ether oxygens (including phenoxy) is 1. The quantitative estimate of drug-likeness (QED) is 0.599. The van der Waals surface area contributed by atoms with E-state index in [4.69, 9.17) is 4.74 Å². The Kier molecular flexibility index (Phi) is 3.58. The summed E-state index contributed by atoms with van der Waals surface area (Å²) < 4.78 is 5.27. The van der Waals surface area contributed by atoms with E-state index < -0.39 is 0 Å². The highest BCUT2D eigenvalue weighted by Gasteiger charge is 2.07. The third-order valence-electron chi connectivity index (χ3n) is 2.61. The van der Waals surface area contributed by atoms with Gasteiger partial charge in [0.2, 0.25) is 0 Å². The fourth-order valence-electron chi connectivity index (χ4n) is 1.53. The minimum atomic E-state index is -0.346. The Balaban J connectivity index is 2.10. The van der Waals surface area contributed by atoms with Gasteiger partial charge in [-0.3, -0.25) is 0 Å². The fourth-order valence-corrected chi connectivity index (χ4v) is 1.53. The summed E-state index contributed by atoms with van der Waals surface area (Å²) in [5.41, 5.74) is 2.65. The van der Waals surface area contributed by atoms with Crippen LogP contribution in [0.3, 0.4) is 0 Å². The van der Waals surface area contributed by atoms with E-state index in [1.165, 1.54) is 0 Å². The molecule has 0 N–H and O–H groups in total. The summed E-state index contributed by atoms with van der Waals surface area (Å²) in [5, 5.41) is 0. The lowest BCUT2D eigenvalue weighted by Gasteiger charge is -2.04. The van der Waals surface area contributed by atoms with Crippen molar-refractivity contribution in [1.29, 1.82) is 0 Å². The van der Waals surface area contributed by atoms with E-state index in [1.807, 2.05) is 31.2 Å². The second-order valence-corrected chi connectivity index (χ2v) is 4.03. The number of carbonyl (C=O) groups is 1. The minimum Gasteiger partial charge on any atom is -0.423 e. The second-order valence-electron chi connectivity index (χ2n) is 4.03. The summed E-state index contributed by atoms with van der Waals surface area (Å²) in [6.45, 7) is 5.64. The molecule has 90 valence electrons. The first-order valence-corrected chi connectivity index (χ1v) is 5.70. The number of aryl methyl sites for hydroxylation is 1. The first-order valence-electron chi connectivity index (χ1n) is 5.70. The molecule has 0 atom stereocenters. The monoisotopic (exact) mass is 238 g/mol. The summed E-state index contributed by atoms with van der Waals surface area (Å²) in [5.74, 6) is 0.188. The van der Waals surface area contributed by atoms with Crippen LogP contribution in [0.25, 0.3) is 6.08 Å². The third-order valence-corrected chi connectivity index (χ3v) is 2.61. The zero-order chi connectivity index (χ0) is 13.0. The molecule has 0 heterocycles. The first kappa shape index (κ1) is 12.1. The molecular weight excluding hydrogens is 224 g/mol.